The van der Waals surface area contributed by atoms with Gasteiger partial charge in [-0.15, -0.1) is 0 Å². The van der Waals surface area contributed by atoms with Crippen molar-refractivity contribution >= 4 is 29.3 Å². The molecule has 0 aromatic heterocycles. The maximum atomic E-state index is 14.6. The molecule has 0 saturated carbocycles. The zero-order chi connectivity index (χ0) is 47.1. The van der Waals surface area contributed by atoms with E-state index in [0.717, 1.165) is 44.1 Å². The third-order valence-electron chi connectivity index (χ3n) is 13.7. The first-order chi connectivity index (χ1) is 29.0. The fourth-order valence-corrected chi connectivity index (χ4v) is 9.62. The predicted octanol–water partition coefficient (Wildman–Crippen LogP) is 8.95. The van der Waals surface area contributed by atoms with Crippen LogP contribution in [-0.4, -0.2) is 114 Å². The molecule has 0 bridgehead atoms. The number of carbonyl (C=O) groups excluding carboxylic acids is 5. The quantitative estimate of drug-likeness (QED) is 0.0867. The fourth-order valence-electron chi connectivity index (χ4n) is 9.62. The zero-order valence-corrected chi connectivity index (χ0v) is 41.4. The molecule has 11 nitrogen and oxygen atoms in total. The number of Topliss-reactive ketones (excluding diaryl/α,β-unsaturated/α-hetero) is 2. The van der Waals surface area contributed by atoms with Crippen molar-refractivity contribution in [2.75, 3.05) is 34.9 Å². The number of likely N-dealkylation sites (N-methyl/N-ethyl adjacent to an activating group) is 2. The second-order valence-electron chi connectivity index (χ2n) is 20.4. The number of hydrogen-bond donors (Lipinski definition) is 1. The lowest BCUT2D eigenvalue weighted by molar-refractivity contribution is -0.149. The van der Waals surface area contributed by atoms with E-state index in [0.29, 0.717) is 19.4 Å². The molecule has 0 unspecified atom stereocenters. The molecule has 1 aromatic rings. The molecule has 1 aromatic carbocycles. The number of aliphatic hydroxyl groups excluding tert-OH is 1. The van der Waals surface area contributed by atoms with Crippen molar-refractivity contribution in [1.29, 1.82) is 0 Å². The standard InChI is InChI=1S/C51H87N3O8/c1-16-35(6)47(53(13)50(60)39(33(2)3)31-42(56)46(34(4)5)52(12)44(57)27-21-18-22-28-51(9,10)11)43(61-14)32-45(58)54-29-23-26-40(54)49(62-15)37(8)41(55)30-36(7)48(59)38-24-19-17-20-25-38/h17,19-20,24-25,33-37,39-40,43,46-49,59H,16,18,21-23,26-32H2,1-15H3/t35-,36-,37-,39-,40-,43+,46-,47-,48+,49+/m0/s1. The number of carbonyl (C=O) groups is 5. The summed E-state index contributed by atoms with van der Waals surface area (Å²) in [6.07, 6.45) is 4.76. The van der Waals surface area contributed by atoms with Gasteiger partial charge in [0, 0.05) is 66.0 Å². The summed E-state index contributed by atoms with van der Waals surface area (Å²) in [5.41, 5.74) is 1.03. The molecule has 1 heterocycles. The zero-order valence-electron chi connectivity index (χ0n) is 41.4. The molecule has 1 aliphatic heterocycles. The second kappa shape index (κ2) is 26.0. The molecule has 11 heteroatoms. The van der Waals surface area contributed by atoms with Gasteiger partial charge >= 0.3 is 0 Å². The van der Waals surface area contributed by atoms with Crippen LogP contribution in [0.5, 0.6) is 0 Å². The van der Waals surface area contributed by atoms with E-state index >= 15 is 0 Å². The summed E-state index contributed by atoms with van der Waals surface area (Å²) in [5.74, 6) is -2.25. The molecule has 62 heavy (non-hydrogen) atoms. The summed E-state index contributed by atoms with van der Waals surface area (Å²) in [6.45, 7) is 22.8. The largest absolute Gasteiger partial charge is 0.388 e. The van der Waals surface area contributed by atoms with Crippen LogP contribution in [-0.2, 0) is 33.4 Å². The Morgan fingerprint density at radius 3 is 1.97 bits per heavy atom. The number of benzene rings is 1. The van der Waals surface area contributed by atoms with Crippen molar-refractivity contribution in [1.82, 2.24) is 14.7 Å². The van der Waals surface area contributed by atoms with E-state index in [4.69, 9.17) is 9.47 Å². The Labute approximate surface area is 376 Å². The maximum Gasteiger partial charge on any atom is 0.226 e. The minimum atomic E-state index is -0.777. The molecule has 0 aliphatic carbocycles. The highest BCUT2D eigenvalue weighted by Gasteiger charge is 2.43. The smallest absolute Gasteiger partial charge is 0.226 e. The third-order valence-corrected chi connectivity index (χ3v) is 13.7. The van der Waals surface area contributed by atoms with Gasteiger partial charge < -0.3 is 29.3 Å². The molecular weight excluding hydrogens is 783 g/mol. The van der Waals surface area contributed by atoms with Crippen LogP contribution >= 0.6 is 0 Å². The van der Waals surface area contributed by atoms with Crippen molar-refractivity contribution in [2.24, 2.45) is 40.9 Å². The van der Waals surface area contributed by atoms with E-state index in [-0.39, 0.29) is 83.7 Å². The topological polar surface area (TPSA) is 134 Å². The van der Waals surface area contributed by atoms with Gasteiger partial charge in [0.25, 0.3) is 0 Å². The Kier molecular flexibility index (Phi) is 23.0. The highest BCUT2D eigenvalue weighted by atomic mass is 16.5. The van der Waals surface area contributed by atoms with Crippen molar-refractivity contribution in [2.45, 2.75) is 183 Å². The van der Waals surface area contributed by atoms with Crippen LogP contribution in [0.1, 0.15) is 158 Å². The van der Waals surface area contributed by atoms with E-state index in [2.05, 4.69) is 34.6 Å². The SMILES string of the molecule is CC[C@H](C)[C@@H]([C@@H](CC(=O)N1CCC[C@H]1[C@H](OC)[C@@H](C)C(=O)C[C@H](C)[C@@H](O)c1ccccc1)OC)N(C)C(=O)[C@@H](CC(=O)[C@H](C(C)C)N(C)C(=O)CCCCCC(C)(C)C)C(C)C. The normalized spacial score (nSPS) is 19.0. The fraction of sp³-hybridized carbons (Fsp3) is 0.784. The van der Waals surface area contributed by atoms with Gasteiger partial charge in [-0.1, -0.05) is 126 Å². The van der Waals surface area contributed by atoms with E-state index in [1.165, 1.54) is 0 Å². The van der Waals surface area contributed by atoms with E-state index in [1.54, 1.807) is 38.1 Å². The van der Waals surface area contributed by atoms with Gasteiger partial charge in [0.05, 0.1) is 42.9 Å². The number of hydrogen-bond acceptors (Lipinski definition) is 8. The van der Waals surface area contributed by atoms with Crippen molar-refractivity contribution in [3.05, 3.63) is 35.9 Å². The molecule has 1 fully saturated rings. The summed E-state index contributed by atoms with van der Waals surface area (Å²) in [5, 5.41) is 11.0. The van der Waals surface area contributed by atoms with Crippen molar-refractivity contribution in [3.63, 3.8) is 0 Å². The molecule has 1 saturated heterocycles. The summed E-state index contributed by atoms with van der Waals surface area (Å²) < 4.78 is 12.1. The first kappa shape index (κ1) is 55.0. The van der Waals surface area contributed by atoms with Crippen LogP contribution in [0.25, 0.3) is 0 Å². The lowest BCUT2D eigenvalue weighted by Gasteiger charge is -2.41. The number of methoxy groups -OCH3 is 2. The lowest BCUT2D eigenvalue weighted by atomic mass is 9.83. The second-order valence-corrected chi connectivity index (χ2v) is 20.4. The third kappa shape index (κ3) is 15.8. The van der Waals surface area contributed by atoms with E-state index < -0.39 is 42.2 Å². The number of rotatable bonds is 27. The van der Waals surface area contributed by atoms with Crippen LogP contribution in [0.4, 0.5) is 0 Å². The first-order valence-electron chi connectivity index (χ1n) is 23.7. The summed E-state index contributed by atoms with van der Waals surface area (Å²) in [6, 6.07) is 7.93. The number of likely N-dealkylation sites (tertiary alicyclic amines) is 1. The van der Waals surface area contributed by atoms with Gasteiger partial charge in [-0.3, -0.25) is 24.0 Å². The highest BCUT2D eigenvalue weighted by Crippen LogP contribution is 2.33. The molecule has 0 radical (unpaired) electrons. The van der Waals surface area contributed by atoms with Crippen LogP contribution in [0.2, 0.25) is 0 Å². The summed E-state index contributed by atoms with van der Waals surface area (Å²) in [7, 11) is 6.63. The lowest BCUT2D eigenvalue weighted by Crippen LogP contribution is -2.54. The van der Waals surface area contributed by atoms with E-state index in [1.807, 2.05) is 76.8 Å². The Morgan fingerprint density at radius 1 is 0.806 bits per heavy atom. The van der Waals surface area contributed by atoms with Gasteiger partial charge in [-0.2, -0.15) is 0 Å². The Morgan fingerprint density at radius 2 is 1.44 bits per heavy atom. The van der Waals surface area contributed by atoms with Gasteiger partial charge in [-0.25, -0.2) is 0 Å². The molecule has 1 aliphatic rings. The van der Waals surface area contributed by atoms with Crippen LogP contribution < -0.4 is 0 Å². The maximum absolute atomic E-state index is 14.6. The van der Waals surface area contributed by atoms with Crippen molar-refractivity contribution in [3.8, 4) is 0 Å². The Bertz CT molecular complexity index is 1540. The number of ether oxygens (including phenoxy) is 2. The highest BCUT2D eigenvalue weighted by molar-refractivity contribution is 5.93. The molecule has 1 N–H and O–H groups in total. The first-order valence-corrected chi connectivity index (χ1v) is 23.7. The molecule has 354 valence electrons. The number of amides is 3. The minimum absolute atomic E-state index is 0.00541. The summed E-state index contributed by atoms with van der Waals surface area (Å²) in [4.78, 5) is 75.3. The summed E-state index contributed by atoms with van der Waals surface area (Å²) >= 11 is 0. The molecule has 10 atom stereocenters. The van der Waals surface area contributed by atoms with Crippen LogP contribution in [0, 0.1) is 40.9 Å². The average Bonchev–Trinajstić information content (AvgIpc) is 3.71. The number of nitrogens with zero attached hydrogens (tertiary/aromatic N) is 3. The minimum Gasteiger partial charge on any atom is -0.388 e. The van der Waals surface area contributed by atoms with E-state index in [9.17, 15) is 29.1 Å². The van der Waals surface area contributed by atoms with Crippen LogP contribution in [0.15, 0.2) is 30.3 Å². The molecule has 3 amide bonds. The van der Waals surface area contributed by atoms with Gasteiger partial charge in [-0.05, 0) is 60.3 Å². The predicted molar refractivity (Wildman–Crippen MR) is 248 cm³/mol. The molecular formula is C51H87N3O8. The number of unbranched alkanes of at least 4 members (excludes halogenated alkanes) is 2. The van der Waals surface area contributed by atoms with Gasteiger partial charge in [0.2, 0.25) is 17.7 Å². The monoisotopic (exact) mass is 870 g/mol. The Balaban J connectivity index is 2.23. The molecule has 0 spiro atoms. The average molecular weight is 870 g/mol. The van der Waals surface area contributed by atoms with Crippen molar-refractivity contribution < 1.29 is 38.6 Å². The number of ketones is 2. The van der Waals surface area contributed by atoms with Gasteiger partial charge in [0.15, 0.2) is 5.78 Å². The Hall–Kier alpha value is -3.15. The number of aliphatic hydroxyl groups is 1. The van der Waals surface area contributed by atoms with Crippen LogP contribution in [0.3, 0.4) is 0 Å². The van der Waals surface area contributed by atoms with Gasteiger partial charge in [0.1, 0.15) is 5.78 Å². The molecule has 2 rings (SSSR count).